The lowest BCUT2D eigenvalue weighted by molar-refractivity contribution is -0.147. The number of carboxylic acid groups (broad SMARTS) is 1. The van der Waals surface area contributed by atoms with Gasteiger partial charge in [-0.2, -0.15) is 0 Å². The molecule has 2 nitrogen and oxygen atoms in total. The zero-order valence-electron chi connectivity index (χ0n) is 11.0. The first kappa shape index (κ1) is 13.8. The van der Waals surface area contributed by atoms with Gasteiger partial charge in [-0.3, -0.25) is 4.79 Å². The smallest absolute Gasteiger partial charge is 0.309 e. The van der Waals surface area contributed by atoms with E-state index in [9.17, 15) is 4.79 Å². The van der Waals surface area contributed by atoms with Crippen molar-refractivity contribution in [1.82, 2.24) is 0 Å². The summed E-state index contributed by atoms with van der Waals surface area (Å²) in [5.74, 6) is -0.717. The van der Waals surface area contributed by atoms with Gasteiger partial charge in [-0.15, -0.1) is 0 Å². The molecule has 0 aliphatic carbocycles. The highest BCUT2D eigenvalue weighted by atomic mass is 16.4. The lowest BCUT2D eigenvalue weighted by atomic mass is 9.85. The van der Waals surface area contributed by atoms with Crippen LogP contribution in [0.25, 0.3) is 0 Å². The molecule has 0 fully saturated rings. The minimum Gasteiger partial charge on any atom is -0.481 e. The highest BCUT2D eigenvalue weighted by Crippen LogP contribution is 2.24. The Morgan fingerprint density at radius 1 is 1.18 bits per heavy atom. The Morgan fingerprint density at radius 2 is 1.71 bits per heavy atom. The molecule has 1 N–H and O–H groups in total. The van der Waals surface area contributed by atoms with Crippen LogP contribution in [0.15, 0.2) is 24.3 Å². The first-order chi connectivity index (χ1) is 7.97. The predicted molar refractivity (Wildman–Crippen MR) is 70.2 cm³/mol. The van der Waals surface area contributed by atoms with Crippen molar-refractivity contribution in [3.05, 3.63) is 35.4 Å². The van der Waals surface area contributed by atoms with E-state index in [0.29, 0.717) is 6.42 Å². The first-order valence-corrected chi connectivity index (χ1v) is 6.27. The summed E-state index contributed by atoms with van der Waals surface area (Å²) in [7, 11) is 0. The van der Waals surface area contributed by atoms with E-state index < -0.39 is 11.4 Å². The van der Waals surface area contributed by atoms with Gasteiger partial charge in [-0.1, -0.05) is 37.6 Å². The molecule has 0 saturated heterocycles. The summed E-state index contributed by atoms with van der Waals surface area (Å²) in [6.07, 6.45) is 3.72. The fourth-order valence-electron chi connectivity index (χ4n) is 1.87. The zero-order chi connectivity index (χ0) is 12.9. The second-order valence-corrected chi connectivity index (χ2v) is 5.21. The molecule has 0 saturated carbocycles. The van der Waals surface area contributed by atoms with Crippen LogP contribution in [0.1, 0.15) is 44.7 Å². The van der Waals surface area contributed by atoms with E-state index in [1.54, 1.807) is 13.8 Å². The largest absolute Gasteiger partial charge is 0.481 e. The average molecular weight is 234 g/mol. The summed E-state index contributed by atoms with van der Waals surface area (Å²) in [6.45, 7) is 5.74. The summed E-state index contributed by atoms with van der Waals surface area (Å²) >= 11 is 0. The molecule has 1 rings (SSSR count). The number of carboxylic acids is 1. The zero-order valence-corrected chi connectivity index (χ0v) is 11.0. The summed E-state index contributed by atoms with van der Waals surface area (Å²) in [5.41, 5.74) is 2.01. The molecule has 0 bridgehead atoms. The monoisotopic (exact) mass is 234 g/mol. The van der Waals surface area contributed by atoms with Crippen molar-refractivity contribution in [2.75, 3.05) is 0 Å². The van der Waals surface area contributed by atoms with Gasteiger partial charge >= 0.3 is 5.97 Å². The van der Waals surface area contributed by atoms with Crippen LogP contribution >= 0.6 is 0 Å². The maximum Gasteiger partial charge on any atom is 0.309 e. The van der Waals surface area contributed by atoms with Crippen LogP contribution in [0.3, 0.4) is 0 Å². The quantitative estimate of drug-likeness (QED) is 0.815. The third-order valence-corrected chi connectivity index (χ3v) is 3.24. The first-order valence-electron chi connectivity index (χ1n) is 6.27. The van der Waals surface area contributed by atoms with Crippen LogP contribution in [0.2, 0.25) is 0 Å². The normalized spacial score (nSPS) is 11.5. The van der Waals surface area contributed by atoms with Crippen LogP contribution in [0.4, 0.5) is 0 Å². The third-order valence-electron chi connectivity index (χ3n) is 3.24. The topological polar surface area (TPSA) is 37.3 Å². The van der Waals surface area contributed by atoms with Gasteiger partial charge < -0.3 is 5.11 Å². The number of aryl methyl sites for hydroxylation is 2. The lowest BCUT2D eigenvalue weighted by Crippen LogP contribution is -2.24. The van der Waals surface area contributed by atoms with E-state index >= 15 is 0 Å². The lowest BCUT2D eigenvalue weighted by Gasteiger charge is -2.19. The van der Waals surface area contributed by atoms with E-state index in [0.717, 1.165) is 19.3 Å². The number of benzene rings is 1. The molecule has 1 aromatic rings. The van der Waals surface area contributed by atoms with E-state index in [1.807, 2.05) is 6.07 Å². The Bertz CT molecular complexity index is 380. The van der Waals surface area contributed by atoms with Crippen molar-refractivity contribution in [1.29, 1.82) is 0 Å². The number of aliphatic carboxylic acids is 1. The minimum atomic E-state index is -0.717. The Kier molecular flexibility index (Phi) is 4.73. The third kappa shape index (κ3) is 3.88. The molecule has 0 unspecified atom stereocenters. The second kappa shape index (κ2) is 5.85. The molecule has 2 heteroatoms. The summed E-state index contributed by atoms with van der Waals surface area (Å²) in [6, 6.07) is 8.34. The van der Waals surface area contributed by atoms with E-state index in [4.69, 9.17) is 5.11 Å². The molecule has 0 amide bonds. The molecular formula is C15H22O2. The highest BCUT2D eigenvalue weighted by molar-refractivity contribution is 5.73. The SMILES string of the molecule is CCCc1ccccc1CCC(C)(C)C(=O)O. The van der Waals surface area contributed by atoms with E-state index in [-0.39, 0.29) is 0 Å². The average Bonchev–Trinajstić information content (AvgIpc) is 2.28. The molecular weight excluding hydrogens is 212 g/mol. The van der Waals surface area contributed by atoms with Crippen LogP contribution in [0, 0.1) is 5.41 Å². The number of hydrogen-bond acceptors (Lipinski definition) is 1. The maximum absolute atomic E-state index is 11.1. The van der Waals surface area contributed by atoms with Crippen LogP contribution in [0.5, 0.6) is 0 Å². The fraction of sp³-hybridized carbons (Fsp3) is 0.533. The van der Waals surface area contributed by atoms with Crippen LogP contribution in [-0.2, 0) is 17.6 Å². The minimum absolute atomic E-state index is 0.640. The molecule has 0 radical (unpaired) electrons. The number of hydrogen-bond donors (Lipinski definition) is 1. The van der Waals surface area contributed by atoms with Gasteiger partial charge in [0.15, 0.2) is 0 Å². The molecule has 0 spiro atoms. The van der Waals surface area contributed by atoms with E-state index in [2.05, 4.69) is 25.1 Å². The van der Waals surface area contributed by atoms with Crippen molar-refractivity contribution in [2.24, 2.45) is 5.41 Å². The van der Waals surface area contributed by atoms with Crippen molar-refractivity contribution in [3.63, 3.8) is 0 Å². The number of rotatable bonds is 6. The maximum atomic E-state index is 11.1. The Balaban J connectivity index is 2.72. The van der Waals surface area contributed by atoms with Gasteiger partial charge in [0.2, 0.25) is 0 Å². The van der Waals surface area contributed by atoms with Crippen LogP contribution < -0.4 is 0 Å². The molecule has 1 aromatic carbocycles. The van der Waals surface area contributed by atoms with Gasteiger partial charge in [-0.25, -0.2) is 0 Å². The Morgan fingerprint density at radius 3 is 2.18 bits per heavy atom. The summed E-state index contributed by atoms with van der Waals surface area (Å²) < 4.78 is 0. The van der Waals surface area contributed by atoms with Crippen molar-refractivity contribution < 1.29 is 9.90 Å². The molecule has 0 heterocycles. The number of carbonyl (C=O) groups is 1. The van der Waals surface area contributed by atoms with E-state index in [1.165, 1.54) is 11.1 Å². The molecule has 0 aromatic heterocycles. The van der Waals surface area contributed by atoms with Gasteiger partial charge in [0.25, 0.3) is 0 Å². The fourth-order valence-corrected chi connectivity index (χ4v) is 1.87. The van der Waals surface area contributed by atoms with Gasteiger partial charge in [0.05, 0.1) is 5.41 Å². The van der Waals surface area contributed by atoms with Gasteiger partial charge in [-0.05, 0) is 44.2 Å². The molecule has 0 aliphatic heterocycles. The van der Waals surface area contributed by atoms with Gasteiger partial charge in [0.1, 0.15) is 0 Å². The van der Waals surface area contributed by atoms with Crippen molar-refractivity contribution in [2.45, 2.75) is 46.5 Å². The summed E-state index contributed by atoms with van der Waals surface area (Å²) in [5, 5.41) is 9.09. The predicted octanol–water partition coefficient (Wildman–Crippen LogP) is 3.68. The van der Waals surface area contributed by atoms with Crippen molar-refractivity contribution in [3.8, 4) is 0 Å². The standard InChI is InChI=1S/C15H22O2/c1-4-7-12-8-5-6-9-13(12)10-11-15(2,3)14(16)17/h5-6,8-9H,4,7,10-11H2,1-3H3,(H,16,17). The molecule has 17 heavy (non-hydrogen) atoms. The molecule has 94 valence electrons. The molecule has 0 aliphatic rings. The Hall–Kier alpha value is -1.31. The second-order valence-electron chi connectivity index (χ2n) is 5.21. The molecule has 0 atom stereocenters. The summed E-state index contributed by atoms with van der Waals surface area (Å²) in [4.78, 5) is 11.1. The Labute approximate surface area is 104 Å². The van der Waals surface area contributed by atoms with Crippen molar-refractivity contribution >= 4 is 5.97 Å². The van der Waals surface area contributed by atoms with Gasteiger partial charge in [0, 0.05) is 0 Å². The highest BCUT2D eigenvalue weighted by Gasteiger charge is 2.26. The van der Waals surface area contributed by atoms with Crippen LogP contribution in [-0.4, -0.2) is 11.1 Å².